The highest BCUT2D eigenvalue weighted by Gasteiger charge is 2.27. The Morgan fingerprint density at radius 1 is 1.26 bits per heavy atom. The van der Waals surface area contributed by atoms with E-state index in [0.29, 0.717) is 17.8 Å². The molecule has 6 heteroatoms. The van der Waals surface area contributed by atoms with Gasteiger partial charge >= 0.3 is 0 Å². The summed E-state index contributed by atoms with van der Waals surface area (Å²) in [5, 5.41) is 5.81. The van der Waals surface area contributed by atoms with Crippen molar-refractivity contribution in [2.45, 2.75) is 45.1 Å². The predicted molar refractivity (Wildman–Crippen MR) is 87.5 cm³/mol. The topological polar surface area (TPSA) is 75.5 Å². The molecule has 23 heavy (non-hydrogen) atoms. The molecule has 1 saturated carbocycles. The van der Waals surface area contributed by atoms with E-state index in [1.54, 1.807) is 10.6 Å². The SMILES string of the molecule is CCCCCNC(=O)c1nc(C(=O)NC2CC2)n2ccccc12. The third kappa shape index (κ3) is 3.52. The zero-order valence-electron chi connectivity index (χ0n) is 13.3. The molecule has 0 atom stereocenters. The van der Waals surface area contributed by atoms with E-state index in [-0.39, 0.29) is 23.7 Å². The molecule has 2 amide bonds. The van der Waals surface area contributed by atoms with Gasteiger partial charge in [-0.1, -0.05) is 25.8 Å². The molecule has 6 nitrogen and oxygen atoms in total. The van der Waals surface area contributed by atoms with Crippen LogP contribution < -0.4 is 10.6 Å². The molecule has 2 aromatic heterocycles. The number of aromatic nitrogens is 2. The van der Waals surface area contributed by atoms with Crippen LogP contribution in [0.1, 0.15) is 60.1 Å². The number of carbonyl (C=O) groups is 2. The van der Waals surface area contributed by atoms with E-state index in [9.17, 15) is 9.59 Å². The second kappa shape index (κ2) is 6.81. The molecular weight excluding hydrogens is 292 g/mol. The van der Waals surface area contributed by atoms with Crippen molar-refractivity contribution < 1.29 is 9.59 Å². The molecule has 0 spiro atoms. The molecule has 0 bridgehead atoms. The Hall–Kier alpha value is -2.37. The van der Waals surface area contributed by atoms with Gasteiger partial charge in [0.1, 0.15) is 0 Å². The van der Waals surface area contributed by atoms with Gasteiger partial charge in [0.25, 0.3) is 11.8 Å². The first-order valence-electron chi connectivity index (χ1n) is 8.27. The highest BCUT2D eigenvalue weighted by atomic mass is 16.2. The van der Waals surface area contributed by atoms with Gasteiger partial charge in [0.15, 0.2) is 5.69 Å². The molecular formula is C17H22N4O2. The lowest BCUT2D eigenvalue weighted by Gasteiger charge is -2.02. The van der Waals surface area contributed by atoms with Crippen LogP contribution in [0.4, 0.5) is 0 Å². The van der Waals surface area contributed by atoms with Crippen LogP contribution in [-0.2, 0) is 0 Å². The van der Waals surface area contributed by atoms with Crippen LogP contribution in [0.25, 0.3) is 5.52 Å². The minimum Gasteiger partial charge on any atom is -0.351 e. The van der Waals surface area contributed by atoms with Crippen molar-refractivity contribution in [2.75, 3.05) is 6.54 Å². The average Bonchev–Trinajstić information content (AvgIpc) is 3.28. The number of nitrogens with zero attached hydrogens (tertiary/aromatic N) is 2. The highest BCUT2D eigenvalue weighted by molar-refractivity contribution is 6.02. The van der Waals surface area contributed by atoms with E-state index in [2.05, 4.69) is 22.5 Å². The van der Waals surface area contributed by atoms with Crippen LogP contribution in [0.5, 0.6) is 0 Å². The lowest BCUT2D eigenvalue weighted by molar-refractivity contribution is 0.0940. The Labute approximate surface area is 135 Å². The number of unbranched alkanes of at least 4 members (excludes halogenated alkanes) is 2. The van der Waals surface area contributed by atoms with Gasteiger partial charge in [-0.2, -0.15) is 0 Å². The summed E-state index contributed by atoms with van der Waals surface area (Å²) in [7, 11) is 0. The van der Waals surface area contributed by atoms with E-state index in [0.717, 1.165) is 32.1 Å². The summed E-state index contributed by atoms with van der Waals surface area (Å²) in [4.78, 5) is 29.0. The summed E-state index contributed by atoms with van der Waals surface area (Å²) in [5.41, 5.74) is 0.962. The number of fused-ring (bicyclic) bond motifs is 1. The summed E-state index contributed by atoms with van der Waals surface area (Å²) < 4.78 is 1.68. The Morgan fingerprint density at radius 2 is 2.09 bits per heavy atom. The zero-order valence-corrected chi connectivity index (χ0v) is 13.3. The van der Waals surface area contributed by atoms with Crippen LogP contribution in [0.15, 0.2) is 24.4 Å². The lowest BCUT2D eigenvalue weighted by atomic mass is 10.2. The molecule has 0 unspecified atom stereocenters. The summed E-state index contributed by atoms with van der Waals surface area (Å²) in [6, 6.07) is 5.73. The Balaban J connectivity index is 1.82. The molecule has 122 valence electrons. The maximum Gasteiger partial charge on any atom is 0.287 e. The van der Waals surface area contributed by atoms with Crippen LogP contribution >= 0.6 is 0 Å². The average molecular weight is 314 g/mol. The number of carbonyl (C=O) groups excluding carboxylic acids is 2. The van der Waals surface area contributed by atoms with Gasteiger partial charge in [-0.05, 0) is 31.4 Å². The van der Waals surface area contributed by atoms with Crippen LogP contribution in [0, 0.1) is 0 Å². The molecule has 0 aromatic carbocycles. The first kappa shape index (κ1) is 15.5. The van der Waals surface area contributed by atoms with Crippen molar-refractivity contribution in [3.05, 3.63) is 35.9 Å². The number of amides is 2. The normalized spacial score (nSPS) is 14.0. The summed E-state index contributed by atoms with van der Waals surface area (Å²) >= 11 is 0. The van der Waals surface area contributed by atoms with Crippen molar-refractivity contribution in [1.82, 2.24) is 20.0 Å². The molecule has 0 radical (unpaired) electrons. The summed E-state index contributed by atoms with van der Waals surface area (Å²) in [6.45, 7) is 2.75. The highest BCUT2D eigenvalue weighted by Crippen LogP contribution is 2.20. The summed E-state index contributed by atoms with van der Waals surface area (Å²) in [6.07, 6.45) is 6.93. The molecule has 2 heterocycles. The minimum atomic E-state index is -0.227. The number of pyridine rings is 1. The Morgan fingerprint density at radius 3 is 2.83 bits per heavy atom. The van der Waals surface area contributed by atoms with E-state index >= 15 is 0 Å². The minimum absolute atomic E-state index is 0.223. The fraction of sp³-hybridized carbons (Fsp3) is 0.471. The molecule has 3 rings (SSSR count). The molecule has 1 aliphatic rings. The molecule has 0 aliphatic heterocycles. The molecule has 1 aliphatic carbocycles. The number of imidazole rings is 1. The van der Waals surface area contributed by atoms with Crippen molar-refractivity contribution in [2.24, 2.45) is 0 Å². The first-order valence-corrected chi connectivity index (χ1v) is 8.27. The van der Waals surface area contributed by atoms with Crippen LogP contribution in [-0.4, -0.2) is 33.8 Å². The van der Waals surface area contributed by atoms with Gasteiger partial charge in [0.05, 0.1) is 5.52 Å². The first-order chi connectivity index (χ1) is 11.2. The van der Waals surface area contributed by atoms with Gasteiger partial charge in [-0.25, -0.2) is 4.98 Å². The Kier molecular flexibility index (Phi) is 4.60. The number of rotatable bonds is 7. The summed E-state index contributed by atoms with van der Waals surface area (Å²) in [5.74, 6) is -0.180. The quantitative estimate of drug-likeness (QED) is 0.769. The zero-order chi connectivity index (χ0) is 16.2. The number of hydrogen-bond acceptors (Lipinski definition) is 3. The van der Waals surface area contributed by atoms with Gasteiger partial charge < -0.3 is 10.6 Å². The molecule has 1 fully saturated rings. The Bertz CT molecular complexity index is 718. The van der Waals surface area contributed by atoms with Gasteiger partial charge in [-0.15, -0.1) is 0 Å². The van der Waals surface area contributed by atoms with Crippen LogP contribution in [0.3, 0.4) is 0 Å². The number of nitrogens with one attached hydrogen (secondary N) is 2. The van der Waals surface area contributed by atoms with Crippen molar-refractivity contribution in [1.29, 1.82) is 0 Å². The second-order valence-corrected chi connectivity index (χ2v) is 5.95. The molecule has 2 aromatic rings. The maximum absolute atomic E-state index is 12.4. The van der Waals surface area contributed by atoms with E-state index in [4.69, 9.17) is 0 Å². The smallest absolute Gasteiger partial charge is 0.287 e. The van der Waals surface area contributed by atoms with E-state index < -0.39 is 0 Å². The number of hydrogen-bond donors (Lipinski definition) is 2. The van der Waals surface area contributed by atoms with E-state index in [1.807, 2.05) is 18.2 Å². The fourth-order valence-corrected chi connectivity index (χ4v) is 2.50. The van der Waals surface area contributed by atoms with Crippen molar-refractivity contribution in [3.8, 4) is 0 Å². The van der Waals surface area contributed by atoms with Crippen LogP contribution in [0.2, 0.25) is 0 Å². The lowest BCUT2D eigenvalue weighted by Crippen LogP contribution is -2.28. The predicted octanol–water partition coefficient (Wildman–Crippen LogP) is 2.15. The molecule has 2 N–H and O–H groups in total. The monoisotopic (exact) mass is 314 g/mol. The third-order valence-electron chi connectivity index (χ3n) is 3.95. The second-order valence-electron chi connectivity index (χ2n) is 5.95. The standard InChI is InChI=1S/C17H22N4O2/c1-2-3-5-10-18-16(22)14-13-7-4-6-11-21(13)15(20-14)17(23)19-12-8-9-12/h4,6-7,11-12H,2-3,5,8-10H2,1H3,(H,18,22)(H,19,23). The van der Waals surface area contributed by atoms with Gasteiger partial charge in [0, 0.05) is 18.8 Å². The van der Waals surface area contributed by atoms with Crippen molar-refractivity contribution >= 4 is 17.3 Å². The largest absolute Gasteiger partial charge is 0.351 e. The molecule has 0 saturated heterocycles. The fourth-order valence-electron chi connectivity index (χ4n) is 2.50. The van der Waals surface area contributed by atoms with Crippen molar-refractivity contribution in [3.63, 3.8) is 0 Å². The van der Waals surface area contributed by atoms with Gasteiger partial charge in [0.2, 0.25) is 5.82 Å². The van der Waals surface area contributed by atoms with Gasteiger partial charge in [-0.3, -0.25) is 14.0 Å². The van der Waals surface area contributed by atoms with E-state index in [1.165, 1.54) is 0 Å². The third-order valence-corrected chi connectivity index (χ3v) is 3.95. The maximum atomic E-state index is 12.4.